The Morgan fingerprint density at radius 2 is 1.96 bits per heavy atom. The van der Waals surface area contributed by atoms with E-state index in [9.17, 15) is 13.2 Å². The van der Waals surface area contributed by atoms with Gasteiger partial charge in [-0.3, -0.25) is 9.48 Å². The molecule has 1 atom stereocenters. The van der Waals surface area contributed by atoms with Crippen LogP contribution in [0.25, 0.3) is 10.9 Å². The highest BCUT2D eigenvalue weighted by Crippen LogP contribution is 2.38. The second-order valence-corrected chi connectivity index (χ2v) is 9.52. The predicted octanol–water partition coefficient (Wildman–Crippen LogP) is 2.58. The van der Waals surface area contributed by atoms with Crippen LogP contribution in [0.1, 0.15) is 51.0 Å². The highest BCUT2D eigenvalue weighted by atomic mass is 32.2. The number of hydrogen-bond acceptors (Lipinski definition) is 4. The summed E-state index contributed by atoms with van der Waals surface area (Å²) in [7, 11) is -3.32. The normalized spacial score (nSPS) is 20.2. The molecule has 2 aromatic rings. The lowest BCUT2D eigenvalue weighted by Gasteiger charge is -2.19. The third kappa shape index (κ3) is 2.94. The zero-order chi connectivity index (χ0) is 17.6. The highest BCUT2D eigenvalue weighted by Gasteiger charge is 2.38. The molecule has 2 saturated carbocycles. The van der Waals surface area contributed by atoms with Crippen molar-refractivity contribution in [3.05, 3.63) is 24.4 Å². The number of nitrogens with two attached hydrogens (primary N) is 1. The molecule has 0 spiro atoms. The first-order valence-electron chi connectivity index (χ1n) is 8.98. The molecule has 2 aliphatic rings. The van der Waals surface area contributed by atoms with Crippen molar-refractivity contribution < 1.29 is 13.2 Å². The number of benzene rings is 1. The molecule has 2 aliphatic carbocycles. The van der Waals surface area contributed by atoms with Gasteiger partial charge in [0.2, 0.25) is 5.91 Å². The first-order chi connectivity index (χ1) is 12.0. The van der Waals surface area contributed by atoms with E-state index in [1.54, 1.807) is 23.0 Å². The summed E-state index contributed by atoms with van der Waals surface area (Å²) in [6.45, 7) is 0. The summed E-state index contributed by atoms with van der Waals surface area (Å²) in [4.78, 5) is 12.4. The maximum Gasteiger partial charge on any atom is 0.242 e. The van der Waals surface area contributed by atoms with Crippen LogP contribution in [0, 0.1) is 5.92 Å². The van der Waals surface area contributed by atoms with E-state index >= 15 is 0 Å². The number of sulfone groups is 1. The molecule has 1 heterocycles. The fourth-order valence-corrected chi connectivity index (χ4v) is 5.84. The number of aromatic nitrogens is 2. The molecule has 4 rings (SSSR count). The smallest absolute Gasteiger partial charge is 0.242 e. The molecular weight excluding hydrogens is 338 g/mol. The first-order valence-corrected chi connectivity index (χ1v) is 10.5. The minimum absolute atomic E-state index is 0.271. The summed E-state index contributed by atoms with van der Waals surface area (Å²) in [5.74, 6) is 0.0717. The quantitative estimate of drug-likeness (QED) is 0.855. The average Bonchev–Trinajstić information content (AvgIpc) is 3.17. The van der Waals surface area contributed by atoms with Crippen molar-refractivity contribution in [1.82, 2.24) is 9.78 Å². The molecule has 1 aromatic carbocycles. The zero-order valence-corrected chi connectivity index (χ0v) is 14.9. The second kappa shape index (κ2) is 6.12. The Kier molecular flexibility index (Phi) is 4.06. The first kappa shape index (κ1) is 16.6. The largest absolute Gasteiger partial charge is 0.368 e. The molecule has 7 heteroatoms. The van der Waals surface area contributed by atoms with Crippen molar-refractivity contribution in [3.8, 4) is 0 Å². The molecule has 0 bridgehead atoms. The van der Waals surface area contributed by atoms with Crippen LogP contribution in [0.5, 0.6) is 0 Å². The molecule has 2 N–H and O–H groups in total. The van der Waals surface area contributed by atoms with E-state index in [1.807, 2.05) is 6.07 Å². The van der Waals surface area contributed by atoms with Gasteiger partial charge in [0.15, 0.2) is 9.84 Å². The lowest BCUT2D eigenvalue weighted by molar-refractivity contribution is -0.121. The van der Waals surface area contributed by atoms with Crippen LogP contribution in [0.4, 0.5) is 0 Å². The SMILES string of the molecule is NC(=O)C(CC1CCCC1)n1ncc2c(S(=O)(=O)C3CC3)cccc21. The minimum atomic E-state index is -3.32. The van der Waals surface area contributed by atoms with Crippen molar-refractivity contribution in [1.29, 1.82) is 0 Å². The number of nitrogens with zero attached hydrogens (tertiary/aromatic N) is 2. The van der Waals surface area contributed by atoms with Gasteiger partial charge in [-0.05, 0) is 37.3 Å². The Hall–Kier alpha value is -1.89. The fraction of sp³-hybridized carbons (Fsp3) is 0.556. The molecule has 0 radical (unpaired) electrons. The molecule has 2 fully saturated rings. The Balaban J connectivity index is 1.75. The van der Waals surface area contributed by atoms with Crippen LogP contribution in [0.2, 0.25) is 0 Å². The van der Waals surface area contributed by atoms with E-state index in [0.717, 1.165) is 25.7 Å². The van der Waals surface area contributed by atoms with E-state index in [4.69, 9.17) is 5.73 Å². The van der Waals surface area contributed by atoms with Crippen molar-refractivity contribution in [2.75, 3.05) is 0 Å². The summed E-state index contributed by atoms with van der Waals surface area (Å²) in [5, 5.41) is 4.68. The van der Waals surface area contributed by atoms with E-state index < -0.39 is 21.8 Å². The summed E-state index contributed by atoms with van der Waals surface area (Å²) < 4.78 is 27.0. The van der Waals surface area contributed by atoms with Gasteiger partial charge in [-0.2, -0.15) is 5.10 Å². The number of rotatable bonds is 6. The van der Waals surface area contributed by atoms with Crippen LogP contribution in [0.3, 0.4) is 0 Å². The Bertz CT molecular complexity index is 909. The lowest BCUT2D eigenvalue weighted by atomic mass is 9.98. The van der Waals surface area contributed by atoms with Gasteiger partial charge in [-0.1, -0.05) is 31.7 Å². The van der Waals surface area contributed by atoms with Gasteiger partial charge >= 0.3 is 0 Å². The van der Waals surface area contributed by atoms with Gasteiger partial charge in [-0.25, -0.2) is 8.42 Å². The molecule has 1 aromatic heterocycles. The third-order valence-electron chi connectivity index (χ3n) is 5.53. The Morgan fingerprint density at radius 3 is 2.60 bits per heavy atom. The molecule has 1 unspecified atom stereocenters. The topological polar surface area (TPSA) is 95.1 Å². The lowest BCUT2D eigenvalue weighted by Crippen LogP contribution is -2.28. The molecular formula is C18H23N3O3S. The Morgan fingerprint density at radius 1 is 1.24 bits per heavy atom. The van der Waals surface area contributed by atoms with E-state index in [1.165, 1.54) is 12.8 Å². The molecule has 134 valence electrons. The summed E-state index contributed by atoms with van der Waals surface area (Å²) >= 11 is 0. The van der Waals surface area contributed by atoms with Crippen molar-refractivity contribution >= 4 is 26.6 Å². The predicted molar refractivity (Wildman–Crippen MR) is 94.7 cm³/mol. The van der Waals surface area contributed by atoms with Crippen LogP contribution in [-0.2, 0) is 14.6 Å². The highest BCUT2D eigenvalue weighted by molar-refractivity contribution is 7.92. The van der Waals surface area contributed by atoms with Crippen LogP contribution < -0.4 is 5.73 Å². The van der Waals surface area contributed by atoms with Crippen molar-refractivity contribution in [2.24, 2.45) is 11.7 Å². The van der Waals surface area contributed by atoms with Crippen molar-refractivity contribution in [3.63, 3.8) is 0 Å². The van der Waals surface area contributed by atoms with Gasteiger partial charge in [0, 0.05) is 5.39 Å². The average molecular weight is 361 g/mol. The van der Waals surface area contributed by atoms with Gasteiger partial charge in [0.25, 0.3) is 0 Å². The maximum atomic E-state index is 12.7. The molecule has 6 nitrogen and oxygen atoms in total. The number of primary amides is 1. The number of carbonyl (C=O) groups is 1. The molecule has 0 saturated heterocycles. The van der Waals surface area contributed by atoms with Crippen LogP contribution >= 0.6 is 0 Å². The number of fused-ring (bicyclic) bond motifs is 1. The number of hydrogen-bond donors (Lipinski definition) is 1. The third-order valence-corrected chi connectivity index (χ3v) is 7.84. The molecule has 1 amide bonds. The number of amides is 1. The van der Waals surface area contributed by atoms with Gasteiger partial charge in [-0.15, -0.1) is 0 Å². The standard InChI is InChI=1S/C18H23N3O3S/c19-18(22)16(10-12-4-1-2-5-12)21-15-6-3-7-17(14(15)11-20-21)25(23,24)13-8-9-13/h3,6-7,11-13,16H,1-2,4-5,8-10H2,(H2,19,22). The summed E-state index contributed by atoms with van der Waals surface area (Å²) in [5.41, 5.74) is 6.33. The summed E-state index contributed by atoms with van der Waals surface area (Å²) in [6.07, 6.45) is 8.30. The van der Waals surface area contributed by atoms with Gasteiger partial charge < -0.3 is 5.73 Å². The van der Waals surface area contributed by atoms with E-state index in [2.05, 4.69) is 5.10 Å². The fourth-order valence-electron chi connectivity index (χ4n) is 4.00. The maximum absolute atomic E-state index is 12.7. The molecule has 0 aliphatic heterocycles. The number of carbonyl (C=O) groups excluding carboxylic acids is 1. The van der Waals surface area contributed by atoms with Crippen LogP contribution in [-0.4, -0.2) is 29.4 Å². The molecule has 25 heavy (non-hydrogen) atoms. The van der Waals surface area contributed by atoms with Gasteiger partial charge in [0.1, 0.15) is 6.04 Å². The van der Waals surface area contributed by atoms with Crippen molar-refractivity contribution in [2.45, 2.75) is 61.1 Å². The monoisotopic (exact) mass is 361 g/mol. The van der Waals surface area contributed by atoms with E-state index in [-0.39, 0.29) is 5.25 Å². The van der Waals surface area contributed by atoms with Gasteiger partial charge in [0.05, 0.1) is 21.9 Å². The van der Waals surface area contributed by atoms with Crippen LogP contribution in [0.15, 0.2) is 29.3 Å². The zero-order valence-electron chi connectivity index (χ0n) is 14.1. The Labute approximate surface area is 147 Å². The second-order valence-electron chi connectivity index (χ2n) is 7.33. The summed E-state index contributed by atoms with van der Waals surface area (Å²) in [6, 6.07) is 4.65. The minimum Gasteiger partial charge on any atom is -0.368 e. The van der Waals surface area contributed by atoms with E-state index in [0.29, 0.717) is 28.1 Å².